The van der Waals surface area contributed by atoms with Crippen LogP contribution in [0.5, 0.6) is 5.75 Å². The Hall–Kier alpha value is -1.51. The largest absolute Gasteiger partial charge is 0.506 e. The molecule has 0 saturated carbocycles. The number of rotatable bonds is 2. The molecule has 0 bridgehead atoms. The zero-order valence-corrected chi connectivity index (χ0v) is 7.74. The van der Waals surface area contributed by atoms with Crippen LogP contribution in [0.25, 0.3) is 0 Å². The first-order valence-electron chi connectivity index (χ1n) is 4.20. The molecule has 0 unspecified atom stereocenters. The minimum atomic E-state index is -0.0958. The molecule has 0 heterocycles. The molecule has 0 radical (unpaired) electrons. The number of phenols is 1. The summed E-state index contributed by atoms with van der Waals surface area (Å²) >= 11 is 0. The molecule has 0 fully saturated rings. The van der Waals surface area contributed by atoms with E-state index in [1.807, 2.05) is 0 Å². The van der Waals surface area contributed by atoms with Crippen LogP contribution in [0.3, 0.4) is 0 Å². The van der Waals surface area contributed by atoms with Gasteiger partial charge in [0.2, 0.25) is 5.91 Å². The number of benzene rings is 1. The van der Waals surface area contributed by atoms with Gasteiger partial charge in [-0.1, -0.05) is 40.8 Å². The highest BCUT2D eigenvalue weighted by Gasteiger charge is 2.08. The molecule has 0 atom stereocenters. The Bertz CT molecular complexity index is 308. The molecule has 1 aromatic carbocycles. The van der Waals surface area contributed by atoms with Gasteiger partial charge in [-0.3, -0.25) is 4.79 Å². The number of carbonyl (C=O) groups is 1. The van der Waals surface area contributed by atoms with Crippen molar-refractivity contribution in [1.29, 1.82) is 0 Å². The lowest BCUT2D eigenvalue weighted by Crippen LogP contribution is -2.17. The Morgan fingerprint density at radius 2 is 1.80 bits per heavy atom. The molecule has 86 valence electrons. The van der Waals surface area contributed by atoms with E-state index in [4.69, 9.17) is 0 Å². The highest BCUT2D eigenvalue weighted by Crippen LogP contribution is 2.21. The first-order chi connectivity index (χ1) is 6.11. The summed E-state index contributed by atoms with van der Waals surface area (Å²) in [6, 6.07) is 6.67. The van der Waals surface area contributed by atoms with E-state index in [1.165, 1.54) is 6.07 Å². The van der Waals surface area contributed by atoms with E-state index in [2.05, 4.69) is 5.32 Å². The smallest absolute Gasteiger partial charge is 0.227 e. The third-order valence-corrected chi connectivity index (χ3v) is 1.69. The van der Waals surface area contributed by atoms with Crippen LogP contribution in [0.1, 0.15) is 28.7 Å². The average Bonchev–Trinajstić information content (AvgIpc) is 2.08. The van der Waals surface area contributed by atoms with Crippen molar-refractivity contribution in [3.63, 3.8) is 0 Å². The monoisotopic (exact) mass is 211 g/mol. The van der Waals surface area contributed by atoms with Gasteiger partial charge >= 0.3 is 0 Å². The maximum Gasteiger partial charge on any atom is 0.227 e. The van der Waals surface area contributed by atoms with Gasteiger partial charge in [0.05, 0.1) is 5.69 Å². The molecule has 3 nitrogen and oxygen atoms in total. The number of anilines is 1. The molecule has 0 aliphatic rings. The molecule has 15 heavy (non-hydrogen) atoms. The summed E-state index contributed by atoms with van der Waals surface area (Å²) in [5.74, 6) is -0.0855. The summed E-state index contributed by atoms with van der Waals surface area (Å²) < 4.78 is 0. The number of carbonyl (C=O) groups excluding carboxylic acids is 1. The van der Waals surface area contributed by atoms with Crippen LogP contribution in [0, 0.1) is 5.92 Å². The quantitative estimate of drug-likeness (QED) is 0.738. The topological polar surface area (TPSA) is 49.3 Å². The van der Waals surface area contributed by atoms with Gasteiger partial charge in [0.1, 0.15) is 5.75 Å². The molecule has 0 spiro atoms. The van der Waals surface area contributed by atoms with E-state index in [0.29, 0.717) is 5.69 Å². The van der Waals surface area contributed by atoms with Crippen LogP contribution < -0.4 is 5.32 Å². The third kappa shape index (κ3) is 4.49. The van der Waals surface area contributed by atoms with Gasteiger partial charge in [0, 0.05) is 5.92 Å². The number of hydrogen-bond donors (Lipinski definition) is 2. The summed E-state index contributed by atoms with van der Waals surface area (Å²) in [6.45, 7) is 3.60. The lowest BCUT2D eigenvalue weighted by Gasteiger charge is -2.08. The summed E-state index contributed by atoms with van der Waals surface area (Å²) in [6.07, 6.45) is 0. The Kier molecular flexibility index (Phi) is 7.30. The third-order valence-electron chi connectivity index (χ3n) is 1.69. The predicted octanol–water partition coefficient (Wildman–Crippen LogP) is 3.26. The van der Waals surface area contributed by atoms with Gasteiger partial charge < -0.3 is 10.4 Å². The summed E-state index contributed by atoms with van der Waals surface area (Å²) in [4.78, 5) is 11.2. The van der Waals surface area contributed by atoms with Crippen LogP contribution in [0.15, 0.2) is 24.3 Å². The fraction of sp³-hybridized carbons (Fsp3) is 0.417. The second-order valence-corrected chi connectivity index (χ2v) is 3.16. The standard InChI is InChI=1S/C10H13NO2.2CH4/c1-7(2)10(13)11-8-5-3-4-6-9(8)12;;/h3-7,12H,1-2H3,(H,11,13);2*1H4. The summed E-state index contributed by atoms with van der Waals surface area (Å²) in [5, 5.41) is 11.9. The first-order valence-corrected chi connectivity index (χ1v) is 4.20. The second kappa shape index (κ2) is 6.87. The van der Waals surface area contributed by atoms with Crippen molar-refractivity contribution in [2.75, 3.05) is 5.32 Å². The normalized spacial score (nSPS) is 8.73. The fourth-order valence-corrected chi connectivity index (χ4v) is 0.856. The number of amides is 1. The number of phenolic OH excluding ortho intramolecular Hbond substituents is 1. The molecule has 0 aliphatic heterocycles. The van der Waals surface area contributed by atoms with Gasteiger partial charge in [-0.25, -0.2) is 0 Å². The molecule has 1 amide bonds. The van der Waals surface area contributed by atoms with E-state index in [1.54, 1.807) is 32.0 Å². The Morgan fingerprint density at radius 1 is 1.27 bits per heavy atom. The van der Waals surface area contributed by atoms with Gasteiger partial charge in [-0.2, -0.15) is 0 Å². The fourth-order valence-electron chi connectivity index (χ4n) is 0.856. The SMILES string of the molecule is C.C.CC(C)C(=O)Nc1ccccc1O. The lowest BCUT2D eigenvalue weighted by molar-refractivity contribution is -0.118. The number of nitrogens with one attached hydrogen (secondary N) is 1. The summed E-state index contributed by atoms with van der Waals surface area (Å²) in [7, 11) is 0. The van der Waals surface area contributed by atoms with E-state index < -0.39 is 0 Å². The highest BCUT2D eigenvalue weighted by molar-refractivity contribution is 5.93. The van der Waals surface area contributed by atoms with Crippen LogP contribution >= 0.6 is 0 Å². The Labute approximate surface area is 92.1 Å². The van der Waals surface area contributed by atoms with Crippen LogP contribution in [-0.2, 0) is 4.79 Å². The first kappa shape index (κ1) is 15.9. The lowest BCUT2D eigenvalue weighted by atomic mass is 10.2. The molecule has 2 N–H and O–H groups in total. The minimum absolute atomic E-state index is 0. The van der Waals surface area contributed by atoms with Crippen LogP contribution in [0.2, 0.25) is 0 Å². The Balaban J connectivity index is 0. The Morgan fingerprint density at radius 3 is 2.27 bits per heavy atom. The highest BCUT2D eigenvalue weighted by atomic mass is 16.3. The number of hydrogen-bond acceptors (Lipinski definition) is 2. The zero-order valence-electron chi connectivity index (χ0n) is 7.74. The van der Waals surface area contributed by atoms with Crippen molar-refractivity contribution < 1.29 is 9.90 Å². The van der Waals surface area contributed by atoms with Crippen molar-refractivity contribution in [2.45, 2.75) is 28.7 Å². The van der Waals surface area contributed by atoms with Gasteiger partial charge in [-0.05, 0) is 12.1 Å². The van der Waals surface area contributed by atoms with Crippen LogP contribution in [0.4, 0.5) is 5.69 Å². The molecule has 1 aromatic rings. The van der Waals surface area contributed by atoms with Crippen molar-refractivity contribution in [3.8, 4) is 5.75 Å². The van der Waals surface area contributed by atoms with Crippen molar-refractivity contribution in [1.82, 2.24) is 0 Å². The molecule has 0 aliphatic carbocycles. The maximum atomic E-state index is 11.2. The molecule has 0 aromatic heterocycles. The minimum Gasteiger partial charge on any atom is -0.506 e. The number of aromatic hydroxyl groups is 1. The summed E-state index contributed by atoms with van der Waals surface area (Å²) in [5.41, 5.74) is 0.459. The number of para-hydroxylation sites is 2. The van der Waals surface area contributed by atoms with E-state index in [0.717, 1.165) is 0 Å². The second-order valence-electron chi connectivity index (χ2n) is 3.16. The molecular weight excluding hydrogens is 190 g/mol. The van der Waals surface area contributed by atoms with E-state index >= 15 is 0 Å². The van der Waals surface area contributed by atoms with Crippen molar-refractivity contribution in [3.05, 3.63) is 24.3 Å². The molecular formula is C12H21NO2. The maximum absolute atomic E-state index is 11.2. The molecule has 3 heteroatoms. The predicted molar refractivity (Wildman–Crippen MR) is 65.0 cm³/mol. The average molecular weight is 211 g/mol. The van der Waals surface area contributed by atoms with Gasteiger partial charge in [0.25, 0.3) is 0 Å². The molecule has 0 saturated heterocycles. The van der Waals surface area contributed by atoms with E-state index in [-0.39, 0.29) is 32.4 Å². The molecule has 1 rings (SSSR count). The van der Waals surface area contributed by atoms with E-state index in [9.17, 15) is 9.90 Å². The zero-order chi connectivity index (χ0) is 9.84. The van der Waals surface area contributed by atoms with Crippen molar-refractivity contribution >= 4 is 11.6 Å². The van der Waals surface area contributed by atoms with Gasteiger partial charge in [0.15, 0.2) is 0 Å². The van der Waals surface area contributed by atoms with Crippen LogP contribution in [-0.4, -0.2) is 11.0 Å². The van der Waals surface area contributed by atoms with Crippen molar-refractivity contribution in [2.24, 2.45) is 5.92 Å². The van der Waals surface area contributed by atoms with Gasteiger partial charge in [-0.15, -0.1) is 0 Å².